The van der Waals surface area contributed by atoms with E-state index in [1.54, 1.807) is 0 Å². The second kappa shape index (κ2) is 8.44. The van der Waals surface area contributed by atoms with Gasteiger partial charge in [0.15, 0.2) is 0 Å². The van der Waals surface area contributed by atoms with Gasteiger partial charge in [-0.25, -0.2) is 0 Å². The van der Waals surface area contributed by atoms with Crippen LogP contribution in [0.4, 0.5) is 0 Å². The molecule has 3 heterocycles. The molecule has 0 saturated heterocycles. The molecule has 0 atom stereocenters. The van der Waals surface area contributed by atoms with Crippen LogP contribution in [0.15, 0.2) is 146 Å². The first-order chi connectivity index (χ1) is 19.4. The van der Waals surface area contributed by atoms with Crippen LogP contribution < -0.4 is 4.74 Å². The Bertz CT molecular complexity index is 1940. The fourth-order valence-corrected chi connectivity index (χ4v) is 6.43. The molecule has 1 aliphatic rings. The minimum atomic E-state index is -0.551. The van der Waals surface area contributed by atoms with Crippen LogP contribution in [0.3, 0.4) is 0 Å². The van der Waals surface area contributed by atoms with E-state index in [-0.39, 0.29) is 0 Å². The third kappa shape index (κ3) is 3.07. The molecular weight excluding hydrogens is 476 g/mol. The Labute approximate surface area is 226 Å². The third-order valence-electron chi connectivity index (χ3n) is 8.02. The molecule has 0 spiro atoms. The van der Waals surface area contributed by atoms with Crippen LogP contribution in [0.2, 0.25) is 0 Å². The Balaban J connectivity index is 1.52. The van der Waals surface area contributed by atoms with E-state index in [1.165, 1.54) is 16.5 Å². The first-order valence-corrected chi connectivity index (χ1v) is 13.2. The molecule has 0 aliphatic carbocycles. The molecular formula is C36H24N2O. The van der Waals surface area contributed by atoms with Gasteiger partial charge in [-0.3, -0.25) is 4.98 Å². The largest absolute Gasteiger partial charge is 0.457 e. The van der Waals surface area contributed by atoms with Gasteiger partial charge in [0.1, 0.15) is 11.5 Å². The Hall–Kier alpha value is -5.15. The molecule has 0 bridgehead atoms. The van der Waals surface area contributed by atoms with E-state index in [0.717, 1.165) is 44.7 Å². The standard InChI is InChI=1S/C36H24N2O/c1-3-11-25(12-4-1)36(30-15-7-9-17-34(30)39-35-18-10-8-16-31(35)36)26-19-20-32-28(23-26)29-24-37-22-21-33(29)38(32)27-13-5-2-6-14-27/h1-24H. The number of aromatic nitrogens is 2. The SMILES string of the molecule is c1ccc(-n2c3ccncc3c3cc(C4(c5ccccc5)c5ccccc5Oc5ccccc54)ccc32)cc1. The lowest BCUT2D eigenvalue weighted by Gasteiger charge is -2.41. The zero-order valence-electron chi connectivity index (χ0n) is 21.2. The average molecular weight is 501 g/mol. The monoisotopic (exact) mass is 500 g/mol. The van der Waals surface area contributed by atoms with E-state index in [1.807, 2.05) is 24.5 Å². The van der Waals surface area contributed by atoms with Gasteiger partial charge in [-0.1, -0.05) is 91.0 Å². The van der Waals surface area contributed by atoms with E-state index in [0.29, 0.717) is 0 Å². The minimum Gasteiger partial charge on any atom is -0.457 e. The van der Waals surface area contributed by atoms with Crippen LogP contribution >= 0.6 is 0 Å². The number of fused-ring (bicyclic) bond motifs is 5. The Morgan fingerprint density at radius 3 is 1.87 bits per heavy atom. The van der Waals surface area contributed by atoms with Gasteiger partial charge in [-0.15, -0.1) is 0 Å². The molecule has 0 amide bonds. The highest BCUT2D eigenvalue weighted by atomic mass is 16.5. The number of benzene rings is 5. The van der Waals surface area contributed by atoms with Gasteiger partial charge in [0, 0.05) is 40.0 Å². The number of hydrogen-bond acceptors (Lipinski definition) is 2. The summed E-state index contributed by atoms with van der Waals surface area (Å²) < 4.78 is 8.81. The maximum atomic E-state index is 6.48. The zero-order valence-corrected chi connectivity index (χ0v) is 21.2. The lowest BCUT2D eigenvalue weighted by atomic mass is 9.63. The predicted molar refractivity (Wildman–Crippen MR) is 157 cm³/mol. The van der Waals surface area contributed by atoms with Crippen molar-refractivity contribution in [2.45, 2.75) is 5.41 Å². The number of para-hydroxylation sites is 3. The van der Waals surface area contributed by atoms with Gasteiger partial charge in [0.25, 0.3) is 0 Å². The zero-order chi connectivity index (χ0) is 25.8. The predicted octanol–water partition coefficient (Wildman–Crippen LogP) is 8.67. The molecule has 7 aromatic rings. The van der Waals surface area contributed by atoms with E-state index < -0.39 is 5.41 Å². The van der Waals surface area contributed by atoms with Gasteiger partial charge in [0.2, 0.25) is 0 Å². The molecule has 8 rings (SSSR count). The first kappa shape index (κ1) is 21.9. The summed E-state index contributed by atoms with van der Waals surface area (Å²) in [6, 6.07) is 47.2. The maximum absolute atomic E-state index is 6.48. The topological polar surface area (TPSA) is 27.1 Å². The summed E-state index contributed by atoms with van der Waals surface area (Å²) in [6.07, 6.45) is 3.86. The molecule has 0 fully saturated rings. The molecule has 39 heavy (non-hydrogen) atoms. The lowest BCUT2D eigenvalue weighted by Crippen LogP contribution is -2.34. The number of rotatable bonds is 3. The lowest BCUT2D eigenvalue weighted by molar-refractivity contribution is 0.434. The van der Waals surface area contributed by atoms with Crippen molar-refractivity contribution in [1.29, 1.82) is 0 Å². The van der Waals surface area contributed by atoms with Crippen molar-refractivity contribution in [1.82, 2.24) is 9.55 Å². The van der Waals surface area contributed by atoms with E-state index in [4.69, 9.17) is 4.74 Å². The van der Waals surface area contributed by atoms with Crippen molar-refractivity contribution < 1.29 is 4.74 Å². The molecule has 0 radical (unpaired) electrons. The summed E-state index contributed by atoms with van der Waals surface area (Å²) in [7, 11) is 0. The number of pyridine rings is 1. The Kier molecular flexibility index (Phi) is 4.74. The van der Waals surface area contributed by atoms with Crippen LogP contribution in [0.5, 0.6) is 11.5 Å². The van der Waals surface area contributed by atoms with Gasteiger partial charge in [-0.05, 0) is 53.6 Å². The van der Waals surface area contributed by atoms with Gasteiger partial charge in [-0.2, -0.15) is 0 Å². The second-order valence-electron chi connectivity index (χ2n) is 10.0. The van der Waals surface area contributed by atoms with Crippen molar-refractivity contribution in [3.05, 3.63) is 168 Å². The Morgan fingerprint density at radius 2 is 1.15 bits per heavy atom. The molecule has 3 heteroatoms. The fraction of sp³-hybridized carbons (Fsp3) is 0.0278. The van der Waals surface area contributed by atoms with Crippen LogP contribution in [-0.2, 0) is 5.41 Å². The molecule has 184 valence electrons. The van der Waals surface area contributed by atoms with Crippen molar-refractivity contribution in [3.8, 4) is 17.2 Å². The molecule has 3 nitrogen and oxygen atoms in total. The van der Waals surface area contributed by atoms with Gasteiger partial charge in [0.05, 0.1) is 16.4 Å². The minimum absolute atomic E-state index is 0.551. The summed E-state index contributed by atoms with van der Waals surface area (Å²) >= 11 is 0. The highest BCUT2D eigenvalue weighted by Crippen LogP contribution is 2.55. The second-order valence-corrected chi connectivity index (χ2v) is 10.0. The summed E-state index contributed by atoms with van der Waals surface area (Å²) in [4.78, 5) is 4.53. The molecule has 0 saturated carbocycles. The quantitative estimate of drug-likeness (QED) is 0.243. The highest BCUT2D eigenvalue weighted by molar-refractivity contribution is 6.09. The van der Waals surface area contributed by atoms with Gasteiger partial charge < -0.3 is 9.30 Å². The van der Waals surface area contributed by atoms with Crippen molar-refractivity contribution in [3.63, 3.8) is 0 Å². The molecule has 1 aliphatic heterocycles. The van der Waals surface area contributed by atoms with E-state index in [2.05, 4.69) is 131 Å². The van der Waals surface area contributed by atoms with Gasteiger partial charge >= 0.3 is 0 Å². The summed E-state index contributed by atoms with van der Waals surface area (Å²) in [5, 5.41) is 2.31. The smallest absolute Gasteiger partial charge is 0.132 e. The normalized spacial score (nSPS) is 13.5. The fourth-order valence-electron chi connectivity index (χ4n) is 6.43. The van der Waals surface area contributed by atoms with E-state index >= 15 is 0 Å². The molecule has 2 aromatic heterocycles. The molecule has 0 unspecified atom stereocenters. The average Bonchev–Trinajstić information content (AvgIpc) is 3.34. The Morgan fingerprint density at radius 1 is 0.538 bits per heavy atom. The van der Waals surface area contributed by atoms with Crippen molar-refractivity contribution in [2.24, 2.45) is 0 Å². The highest BCUT2D eigenvalue weighted by Gasteiger charge is 2.45. The molecule has 0 N–H and O–H groups in total. The molecule has 5 aromatic carbocycles. The number of ether oxygens (including phenoxy) is 1. The van der Waals surface area contributed by atoms with E-state index in [9.17, 15) is 0 Å². The van der Waals surface area contributed by atoms with Crippen molar-refractivity contribution in [2.75, 3.05) is 0 Å². The summed E-state index contributed by atoms with van der Waals surface area (Å²) in [5.41, 5.74) is 7.56. The maximum Gasteiger partial charge on any atom is 0.132 e. The summed E-state index contributed by atoms with van der Waals surface area (Å²) in [5.74, 6) is 1.77. The van der Waals surface area contributed by atoms with Crippen LogP contribution in [0.25, 0.3) is 27.5 Å². The third-order valence-corrected chi connectivity index (χ3v) is 8.02. The van der Waals surface area contributed by atoms with Crippen LogP contribution in [0.1, 0.15) is 22.3 Å². The number of nitrogens with zero attached hydrogens (tertiary/aromatic N) is 2. The van der Waals surface area contributed by atoms with Crippen molar-refractivity contribution >= 4 is 21.8 Å². The van der Waals surface area contributed by atoms with Crippen LogP contribution in [0, 0.1) is 0 Å². The summed E-state index contributed by atoms with van der Waals surface area (Å²) in [6.45, 7) is 0. The first-order valence-electron chi connectivity index (χ1n) is 13.2. The number of hydrogen-bond donors (Lipinski definition) is 0. The van der Waals surface area contributed by atoms with Crippen LogP contribution in [-0.4, -0.2) is 9.55 Å².